The summed E-state index contributed by atoms with van der Waals surface area (Å²) in [4.78, 5) is 1.12. The number of hydrogen-bond donors (Lipinski definition) is 1. The van der Waals surface area contributed by atoms with E-state index in [1.165, 1.54) is 30.0 Å². The monoisotopic (exact) mass is 237 g/mol. The van der Waals surface area contributed by atoms with E-state index in [1.807, 2.05) is 0 Å². The molecule has 82 valence electrons. The Balaban J connectivity index is 2.31. The molecule has 0 fully saturated rings. The molecule has 0 aromatic heterocycles. The molecule has 0 saturated carbocycles. The molecule has 2 aromatic carbocycles. The number of hydrogen-bond acceptors (Lipinski definition) is 2. The number of nitrogens with two attached hydrogens (primary N) is 1. The van der Waals surface area contributed by atoms with Crippen molar-refractivity contribution in [2.75, 3.05) is 5.73 Å². The van der Waals surface area contributed by atoms with E-state index in [0.717, 1.165) is 0 Å². The largest absolute Gasteiger partial charge is 0.398 e. The van der Waals surface area contributed by atoms with E-state index < -0.39 is 5.82 Å². The Labute approximate surface area is 96.3 Å². The molecule has 0 radical (unpaired) electrons. The van der Waals surface area contributed by atoms with Crippen LogP contribution in [0, 0.1) is 11.6 Å². The minimum absolute atomic E-state index is 0.309. The third-order valence-electron chi connectivity index (χ3n) is 2.03. The van der Waals surface area contributed by atoms with Crippen molar-refractivity contribution in [1.29, 1.82) is 0 Å². The van der Waals surface area contributed by atoms with Crippen LogP contribution in [-0.2, 0) is 0 Å². The molecular weight excluding hydrogens is 228 g/mol. The lowest BCUT2D eigenvalue weighted by Gasteiger charge is -2.05. The van der Waals surface area contributed by atoms with Crippen LogP contribution in [-0.4, -0.2) is 0 Å². The van der Waals surface area contributed by atoms with Crippen molar-refractivity contribution in [3.05, 3.63) is 54.1 Å². The van der Waals surface area contributed by atoms with E-state index >= 15 is 0 Å². The highest BCUT2D eigenvalue weighted by molar-refractivity contribution is 7.99. The second kappa shape index (κ2) is 4.53. The van der Waals surface area contributed by atoms with E-state index in [2.05, 4.69) is 0 Å². The molecule has 0 unspecified atom stereocenters. The maximum atomic E-state index is 13.4. The summed E-state index contributed by atoms with van der Waals surface area (Å²) in [7, 11) is 0. The summed E-state index contributed by atoms with van der Waals surface area (Å²) in [5.41, 5.74) is 5.95. The van der Waals surface area contributed by atoms with Crippen LogP contribution in [0.4, 0.5) is 14.5 Å². The highest BCUT2D eigenvalue weighted by Crippen LogP contribution is 2.33. The van der Waals surface area contributed by atoms with Gasteiger partial charge in [-0.05, 0) is 30.3 Å². The molecule has 16 heavy (non-hydrogen) atoms. The molecular formula is C12H9F2NS. The van der Waals surface area contributed by atoms with E-state index in [-0.39, 0.29) is 5.82 Å². The Morgan fingerprint density at radius 1 is 0.938 bits per heavy atom. The van der Waals surface area contributed by atoms with Gasteiger partial charge in [0.15, 0.2) is 0 Å². The fourth-order valence-corrected chi connectivity index (χ4v) is 2.12. The molecule has 0 spiro atoms. The average Bonchev–Trinajstić information content (AvgIpc) is 2.25. The molecule has 0 saturated heterocycles. The summed E-state index contributed by atoms with van der Waals surface area (Å²) in [5.74, 6) is -0.702. The van der Waals surface area contributed by atoms with E-state index in [0.29, 0.717) is 15.5 Å². The van der Waals surface area contributed by atoms with Crippen LogP contribution >= 0.6 is 11.8 Å². The van der Waals surface area contributed by atoms with Gasteiger partial charge >= 0.3 is 0 Å². The molecule has 0 heterocycles. The summed E-state index contributed by atoms with van der Waals surface area (Å²) in [5, 5.41) is 0. The highest BCUT2D eigenvalue weighted by atomic mass is 32.2. The normalized spacial score (nSPS) is 10.4. The molecule has 0 amide bonds. The lowest BCUT2D eigenvalue weighted by molar-refractivity contribution is 0.602. The topological polar surface area (TPSA) is 26.0 Å². The maximum absolute atomic E-state index is 13.4. The van der Waals surface area contributed by atoms with Gasteiger partial charge in [0.25, 0.3) is 0 Å². The minimum Gasteiger partial charge on any atom is -0.398 e. The number of halogens is 2. The summed E-state index contributed by atoms with van der Waals surface area (Å²) >= 11 is 1.18. The maximum Gasteiger partial charge on any atom is 0.137 e. The first-order chi connectivity index (χ1) is 7.66. The van der Waals surface area contributed by atoms with Crippen LogP contribution in [0.5, 0.6) is 0 Å². The summed E-state index contributed by atoms with van der Waals surface area (Å²) in [6, 6.07) is 10.5. The van der Waals surface area contributed by atoms with Gasteiger partial charge in [0.1, 0.15) is 11.6 Å². The van der Waals surface area contributed by atoms with Gasteiger partial charge in [0, 0.05) is 15.5 Å². The average molecular weight is 237 g/mol. The number of rotatable bonds is 2. The summed E-state index contributed by atoms with van der Waals surface area (Å²) < 4.78 is 26.2. The van der Waals surface area contributed by atoms with Crippen molar-refractivity contribution in [2.24, 2.45) is 0 Å². The predicted octanol–water partition coefficient (Wildman–Crippen LogP) is 3.70. The van der Waals surface area contributed by atoms with E-state index in [9.17, 15) is 8.78 Å². The molecule has 0 bridgehead atoms. The second-order valence-electron chi connectivity index (χ2n) is 3.21. The quantitative estimate of drug-likeness (QED) is 0.806. The van der Waals surface area contributed by atoms with Gasteiger partial charge in [-0.15, -0.1) is 0 Å². The smallest absolute Gasteiger partial charge is 0.137 e. The molecule has 0 atom stereocenters. The van der Waals surface area contributed by atoms with Crippen LogP contribution < -0.4 is 5.73 Å². The zero-order valence-corrected chi connectivity index (χ0v) is 9.10. The molecule has 0 aliphatic rings. The van der Waals surface area contributed by atoms with E-state index in [1.54, 1.807) is 24.3 Å². The Kier molecular flexibility index (Phi) is 3.10. The van der Waals surface area contributed by atoms with Gasteiger partial charge in [-0.3, -0.25) is 0 Å². The fourth-order valence-electron chi connectivity index (χ4n) is 1.26. The van der Waals surface area contributed by atoms with Crippen LogP contribution in [0.1, 0.15) is 0 Å². The highest BCUT2D eigenvalue weighted by Gasteiger charge is 2.06. The second-order valence-corrected chi connectivity index (χ2v) is 4.30. The Bertz CT molecular complexity index is 514. The third kappa shape index (κ3) is 2.33. The van der Waals surface area contributed by atoms with Gasteiger partial charge in [0.05, 0.1) is 0 Å². The summed E-state index contributed by atoms with van der Waals surface area (Å²) in [6.45, 7) is 0. The minimum atomic E-state index is -0.393. The van der Waals surface area contributed by atoms with Crippen LogP contribution in [0.2, 0.25) is 0 Å². The van der Waals surface area contributed by atoms with Crippen molar-refractivity contribution in [3.63, 3.8) is 0 Å². The standard InChI is InChI=1S/C12H9F2NS/c13-8-5-6-12(10(15)7-8)16-11-4-2-1-3-9(11)14/h1-7H,15H2. The van der Waals surface area contributed by atoms with Crippen molar-refractivity contribution < 1.29 is 8.78 Å². The number of anilines is 1. The van der Waals surface area contributed by atoms with Crippen LogP contribution in [0.25, 0.3) is 0 Å². The van der Waals surface area contributed by atoms with Crippen molar-refractivity contribution in [1.82, 2.24) is 0 Å². The molecule has 2 N–H and O–H groups in total. The van der Waals surface area contributed by atoms with Gasteiger partial charge in [-0.2, -0.15) is 0 Å². The molecule has 1 nitrogen and oxygen atoms in total. The van der Waals surface area contributed by atoms with Gasteiger partial charge < -0.3 is 5.73 Å². The Morgan fingerprint density at radius 3 is 2.38 bits per heavy atom. The lowest BCUT2D eigenvalue weighted by atomic mass is 10.3. The van der Waals surface area contributed by atoms with Gasteiger partial charge in [-0.1, -0.05) is 23.9 Å². The molecule has 2 rings (SSSR count). The molecule has 0 aliphatic heterocycles. The number of benzene rings is 2. The number of nitrogen functional groups attached to an aromatic ring is 1. The molecule has 4 heteroatoms. The van der Waals surface area contributed by atoms with E-state index in [4.69, 9.17) is 5.73 Å². The van der Waals surface area contributed by atoms with Crippen LogP contribution in [0.15, 0.2) is 52.3 Å². The molecule has 0 aliphatic carbocycles. The first-order valence-electron chi connectivity index (χ1n) is 4.64. The molecule has 2 aromatic rings. The fraction of sp³-hybridized carbons (Fsp3) is 0. The van der Waals surface area contributed by atoms with Crippen molar-refractivity contribution in [3.8, 4) is 0 Å². The SMILES string of the molecule is Nc1cc(F)ccc1Sc1ccccc1F. The van der Waals surface area contributed by atoms with Crippen LogP contribution in [0.3, 0.4) is 0 Å². The Hall–Kier alpha value is -1.55. The first kappa shape index (κ1) is 11.0. The lowest BCUT2D eigenvalue weighted by Crippen LogP contribution is -1.90. The zero-order valence-electron chi connectivity index (χ0n) is 8.28. The van der Waals surface area contributed by atoms with Gasteiger partial charge in [0.2, 0.25) is 0 Å². The first-order valence-corrected chi connectivity index (χ1v) is 5.46. The Morgan fingerprint density at radius 2 is 1.69 bits per heavy atom. The summed E-state index contributed by atoms with van der Waals surface area (Å²) in [6.07, 6.45) is 0. The predicted molar refractivity (Wildman–Crippen MR) is 61.3 cm³/mol. The van der Waals surface area contributed by atoms with Gasteiger partial charge in [-0.25, -0.2) is 8.78 Å². The zero-order chi connectivity index (χ0) is 11.5. The van der Waals surface area contributed by atoms with Crippen molar-refractivity contribution in [2.45, 2.75) is 9.79 Å². The van der Waals surface area contributed by atoms with Crippen molar-refractivity contribution >= 4 is 17.4 Å². The third-order valence-corrected chi connectivity index (χ3v) is 3.17.